The monoisotopic (exact) mass is 370 g/mol. The molecule has 2 aromatic carbocycles. The average molecular weight is 370 g/mol. The van der Waals surface area contributed by atoms with Crippen LogP contribution >= 0.6 is 11.3 Å². The number of non-ortho nitro benzene ring substituents is 1. The van der Waals surface area contributed by atoms with Crippen LogP contribution in [0.15, 0.2) is 48.5 Å². The van der Waals surface area contributed by atoms with Gasteiger partial charge in [0.15, 0.2) is 6.61 Å². The van der Waals surface area contributed by atoms with Crippen LogP contribution in [-0.4, -0.2) is 23.4 Å². The topological polar surface area (TPSA) is 98.5 Å². The fourth-order valence-electron chi connectivity index (χ4n) is 2.33. The molecular weight excluding hydrogens is 356 g/mol. The number of carbonyl (C=O) groups is 2. The second-order valence-corrected chi connectivity index (χ2v) is 6.61. The summed E-state index contributed by atoms with van der Waals surface area (Å²) in [5, 5.41) is 14.3. The van der Waals surface area contributed by atoms with Crippen LogP contribution in [0.2, 0.25) is 0 Å². The lowest BCUT2D eigenvalue weighted by atomic mass is 10.2. The smallest absolute Gasteiger partial charge is 0.348 e. The Morgan fingerprint density at radius 2 is 1.96 bits per heavy atom. The first-order chi connectivity index (χ1) is 12.4. The highest BCUT2D eigenvalue weighted by molar-refractivity contribution is 7.20. The molecule has 0 aliphatic heterocycles. The summed E-state index contributed by atoms with van der Waals surface area (Å²) in [6.07, 6.45) is 0. The van der Waals surface area contributed by atoms with Crippen molar-refractivity contribution >= 4 is 44.7 Å². The Balaban J connectivity index is 1.62. The molecule has 0 unspecified atom stereocenters. The molecule has 3 aromatic rings. The highest BCUT2D eigenvalue weighted by Gasteiger charge is 2.15. The summed E-state index contributed by atoms with van der Waals surface area (Å²) < 4.78 is 5.99. The van der Waals surface area contributed by atoms with Crippen LogP contribution in [0.3, 0.4) is 0 Å². The lowest BCUT2D eigenvalue weighted by Gasteiger charge is -2.08. The molecule has 0 radical (unpaired) electrons. The predicted octanol–water partition coefficient (Wildman–Crippen LogP) is 3.91. The first-order valence-corrected chi connectivity index (χ1v) is 8.46. The Kier molecular flexibility index (Phi) is 4.94. The first-order valence-electron chi connectivity index (χ1n) is 7.64. The molecule has 26 heavy (non-hydrogen) atoms. The molecule has 132 valence electrons. The molecule has 0 spiro atoms. The third-order valence-corrected chi connectivity index (χ3v) is 4.76. The maximum Gasteiger partial charge on any atom is 0.348 e. The van der Waals surface area contributed by atoms with Crippen molar-refractivity contribution in [1.29, 1.82) is 0 Å². The Morgan fingerprint density at radius 3 is 2.69 bits per heavy atom. The van der Waals surface area contributed by atoms with Gasteiger partial charge in [0.25, 0.3) is 11.6 Å². The number of esters is 1. The van der Waals surface area contributed by atoms with Gasteiger partial charge in [0, 0.05) is 16.8 Å². The largest absolute Gasteiger partial charge is 0.451 e. The van der Waals surface area contributed by atoms with Gasteiger partial charge in [0.05, 0.1) is 10.6 Å². The van der Waals surface area contributed by atoms with E-state index < -0.39 is 23.4 Å². The molecule has 0 saturated heterocycles. The zero-order valence-corrected chi connectivity index (χ0v) is 14.5. The molecule has 0 fully saturated rings. The van der Waals surface area contributed by atoms with E-state index in [0.717, 1.165) is 10.1 Å². The fraction of sp³-hybridized carbons (Fsp3) is 0.111. The standard InChI is InChI=1S/C18H14N2O5S/c1-11-6-7-13(20(23)24)9-14(11)19-17(21)10-25-18(22)16-8-12-4-2-3-5-15(12)26-16/h2-9H,10H2,1H3,(H,19,21). The summed E-state index contributed by atoms with van der Waals surface area (Å²) in [6.45, 7) is 1.23. The summed E-state index contributed by atoms with van der Waals surface area (Å²) in [7, 11) is 0. The van der Waals surface area contributed by atoms with Crippen LogP contribution in [0.25, 0.3) is 10.1 Å². The third kappa shape index (κ3) is 3.86. The quantitative estimate of drug-likeness (QED) is 0.417. The third-order valence-electron chi connectivity index (χ3n) is 3.67. The van der Waals surface area contributed by atoms with E-state index in [9.17, 15) is 19.7 Å². The maximum atomic E-state index is 12.1. The van der Waals surface area contributed by atoms with Crippen LogP contribution in [0, 0.1) is 17.0 Å². The second-order valence-electron chi connectivity index (χ2n) is 5.53. The minimum Gasteiger partial charge on any atom is -0.451 e. The minimum atomic E-state index is -0.586. The van der Waals surface area contributed by atoms with Crippen LogP contribution in [0.4, 0.5) is 11.4 Å². The first kappa shape index (κ1) is 17.6. The summed E-state index contributed by atoms with van der Waals surface area (Å²) in [4.78, 5) is 34.8. The van der Waals surface area contributed by atoms with Gasteiger partial charge in [-0.2, -0.15) is 0 Å². The second kappa shape index (κ2) is 7.32. The van der Waals surface area contributed by atoms with Crippen LogP contribution in [0.5, 0.6) is 0 Å². The SMILES string of the molecule is Cc1ccc([N+](=O)[O-])cc1NC(=O)COC(=O)c1cc2ccccc2s1. The molecule has 8 heteroatoms. The molecule has 1 N–H and O–H groups in total. The summed E-state index contributed by atoms with van der Waals surface area (Å²) in [5.74, 6) is -1.15. The van der Waals surface area contributed by atoms with E-state index in [4.69, 9.17) is 4.74 Å². The van der Waals surface area contributed by atoms with Gasteiger partial charge in [-0.3, -0.25) is 14.9 Å². The Morgan fingerprint density at radius 1 is 1.19 bits per heavy atom. The molecule has 1 aromatic heterocycles. The van der Waals surface area contributed by atoms with E-state index in [1.54, 1.807) is 13.0 Å². The van der Waals surface area contributed by atoms with Crippen molar-refractivity contribution in [3.63, 3.8) is 0 Å². The Labute approximate surface area is 152 Å². The lowest BCUT2D eigenvalue weighted by Crippen LogP contribution is -2.21. The number of nitrogens with one attached hydrogen (secondary N) is 1. The number of ether oxygens (including phenoxy) is 1. The van der Waals surface area contributed by atoms with E-state index in [0.29, 0.717) is 16.1 Å². The van der Waals surface area contributed by atoms with Crippen LogP contribution < -0.4 is 5.32 Å². The molecule has 1 amide bonds. The van der Waals surface area contributed by atoms with Gasteiger partial charge >= 0.3 is 5.97 Å². The Bertz CT molecular complexity index is 979. The van der Waals surface area contributed by atoms with E-state index >= 15 is 0 Å². The lowest BCUT2D eigenvalue weighted by molar-refractivity contribution is -0.384. The number of fused-ring (bicyclic) bond motifs is 1. The van der Waals surface area contributed by atoms with Crippen LogP contribution in [0.1, 0.15) is 15.2 Å². The molecule has 3 rings (SSSR count). The van der Waals surface area contributed by atoms with Crippen molar-refractivity contribution in [2.24, 2.45) is 0 Å². The number of hydrogen-bond acceptors (Lipinski definition) is 6. The van der Waals surface area contributed by atoms with E-state index in [2.05, 4.69) is 5.32 Å². The van der Waals surface area contributed by atoms with Gasteiger partial charge in [0.1, 0.15) is 4.88 Å². The van der Waals surface area contributed by atoms with E-state index in [1.807, 2.05) is 24.3 Å². The van der Waals surface area contributed by atoms with Crippen LogP contribution in [-0.2, 0) is 9.53 Å². The molecule has 0 aliphatic carbocycles. The van der Waals surface area contributed by atoms with Crippen molar-refractivity contribution < 1.29 is 19.2 Å². The molecule has 0 saturated carbocycles. The number of benzene rings is 2. The number of anilines is 1. The normalized spacial score (nSPS) is 10.5. The van der Waals surface area contributed by atoms with Gasteiger partial charge in [0.2, 0.25) is 0 Å². The zero-order valence-electron chi connectivity index (χ0n) is 13.7. The van der Waals surface area contributed by atoms with Crippen molar-refractivity contribution in [2.45, 2.75) is 6.92 Å². The molecule has 7 nitrogen and oxygen atoms in total. The number of aryl methyl sites for hydroxylation is 1. The minimum absolute atomic E-state index is 0.131. The summed E-state index contributed by atoms with van der Waals surface area (Å²) in [6, 6.07) is 13.4. The van der Waals surface area contributed by atoms with Gasteiger partial charge in [-0.25, -0.2) is 4.79 Å². The Hall–Kier alpha value is -3.26. The highest BCUT2D eigenvalue weighted by atomic mass is 32.1. The number of nitrogens with zero attached hydrogens (tertiary/aromatic N) is 1. The van der Waals surface area contributed by atoms with Crippen molar-refractivity contribution in [1.82, 2.24) is 0 Å². The summed E-state index contributed by atoms with van der Waals surface area (Å²) in [5.41, 5.74) is 0.843. The number of carbonyl (C=O) groups excluding carboxylic acids is 2. The zero-order chi connectivity index (χ0) is 18.7. The molecule has 1 heterocycles. The molecular formula is C18H14N2O5S. The number of amides is 1. The predicted molar refractivity (Wildman–Crippen MR) is 98.6 cm³/mol. The molecule has 0 aliphatic rings. The number of nitro benzene ring substituents is 1. The van der Waals surface area contributed by atoms with Crippen molar-refractivity contribution in [3.05, 3.63) is 69.1 Å². The van der Waals surface area contributed by atoms with Gasteiger partial charge in [-0.1, -0.05) is 24.3 Å². The number of nitro groups is 1. The van der Waals surface area contributed by atoms with Gasteiger partial charge < -0.3 is 10.1 Å². The average Bonchev–Trinajstić information content (AvgIpc) is 3.05. The maximum absolute atomic E-state index is 12.1. The number of rotatable bonds is 5. The molecule has 0 bridgehead atoms. The number of hydrogen-bond donors (Lipinski definition) is 1. The van der Waals surface area contributed by atoms with Crippen molar-refractivity contribution in [2.75, 3.05) is 11.9 Å². The van der Waals surface area contributed by atoms with Gasteiger partial charge in [-0.05, 0) is 30.0 Å². The summed E-state index contributed by atoms with van der Waals surface area (Å²) >= 11 is 1.29. The molecule has 0 atom stereocenters. The van der Waals surface area contributed by atoms with E-state index in [-0.39, 0.29) is 5.69 Å². The van der Waals surface area contributed by atoms with E-state index in [1.165, 1.54) is 29.5 Å². The number of thiophene rings is 1. The van der Waals surface area contributed by atoms with Crippen molar-refractivity contribution in [3.8, 4) is 0 Å². The fourth-order valence-corrected chi connectivity index (χ4v) is 3.29. The highest BCUT2D eigenvalue weighted by Crippen LogP contribution is 2.26. The van der Waals surface area contributed by atoms with Gasteiger partial charge in [-0.15, -0.1) is 11.3 Å².